The lowest BCUT2D eigenvalue weighted by Gasteiger charge is -2.23. The minimum Gasteiger partial charge on any atom is -0.383 e. The number of carbonyl (C=O) groups excluding carboxylic acids is 2. The molecule has 0 aliphatic heterocycles. The number of aromatic nitrogens is 14. The molecule has 2 aliphatic carbocycles. The van der Waals surface area contributed by atoms with Crippen molar-refractivity contribution in [2.24, 2.45) is 14.1 Å². The van der Waals surface area contributed by atoms with Crippen molar-refractivity contribution in [2.75, 3.05) is 22.1 Å². The summed E-state index contributed by atoms with van der Waals surface area (Å²) >= 11 is 0. The molecule has 0 fully saturated rings. The minimum absolute atomic E-state index is 0.0138. The van der Waals surface area contributed by atoms with E-state index >= 15 is 0 Å². The molecule has 0 unspecified atom stereocenters. The molecule has 20 nitrogen and oxygen atoms in total. The van der Waals surface area contributed by atoms with Gasteiger partial charge in [0.15, 0.2) is 11.3 Å². The van der Waals surface area contributed by atoms with E-state index in [0.29, 0.717) is 67.9 Å². The van der Waals surface area contributed by atoms with Crippen molar-refractivity contribution in [1.29, 1.82) is 0 Å². The smallest absolute Gasteiger partial charge is 0.256 e. The predicted octanol–water partition coefficient (Wildman–Crippen LogP) is 7.38. The van der Waals surface area contributed by atoms with Crippen LogP contribution >= 0.6 is 0 Å². The summed E-state index contributed by atoms with van der Waals surface area (Å²) in [5, 5.41) is 26.2. The number of aryl methyl sites for hydroxylation is 5. The van der Waals surface area contributed by atoms with E-state index in [0.717, 1.165) is 77.6 Å². The number of rotatable bonds is 8. The fraction of sp³-hybridized carbons (Fsp3) is 0.231. The number of anilines is 4. The summed E-state index contributed by atoms with van der Waals surface area (Å²) in [6.07, 6.45) is 16.1. The van der Waals surface area contributed by atoms with E-state index in [1.54, 1.807) is 36.7 Å². The minimum atomic E-state index is -0.232. The van der Waals surface area contributed by atoms with Gasteiger partial charge >= 0.3 is 0 Å². The molecule has 2 atom stereocenters. The number of nitrogens with zero attached hydrogens (tertiary/aromatic N) is 14. The van der Waals surface area contributed by atoms with Gasteiger partial charge in [-0.05, 0) is 112 Å². The van der Waals surface area contributed by atoms with Crippen molar-refractivity contribution in [2.45, 2.75) is 64.5 Å². The SMILES string of the molecule is Cc1ccnc(NC(=O)c2ccc(-c3nn([C@@H]4CCCc5c4cnn5C)c4ncnc(N)c34)cc2)c1.Cc1ccnc(NC(=O)c2ccc(-c3nn([C@@H]4CCCc5nn(C)cc54)c4ncnc(N)c34)cc2)c1. The van der Waals surface area contributed by atoms with Gasteiger partial charge in [0.05, 0.1) is 34.7 Å². The number of carbonyl (C=O) groups is 2. The normalized spacial score (nSPS) is 15.1. The number of hydrogen-bond acceptors (Lipinski definition) is 14. The second-order valence-electron chi connectivity index (χ2n) is 18.2. The first-order chi connectivity index (χ1) is 35.0. The third kappa shape index (κ3) is 8.51. The summed E-state index contributed by atoms with van der Waals surface area (Å²) < 4.78 is 7.70. The zero-order chi connectivity index (χ0) is 49.6. The van der Waals surface area contributed by atoms with Crippen LogP contribution in [-0.4, -0.2) is 80.8 Å². The highest BCUT2D eigenvalue weighted by Gasteiger charge is 2.31. The summed E-state index contributed by atoms with van der Waals surface area (Å²) in [4.78, 5) is 51.5. The molecule has 0 saturated carbocycles. The van der Waals surface area contributed by atoms with Crippen molar-refractivity contribution in [3.63, 3.8) is 0 Å². The standard InChI is InChI=1S/2C26H25N9O/c1-15-10-11-28-21(12-15)31-26(36)17-8-6-16(7-9-17)23-22-24(27)29-14-30-25(22)35(33-23)20-5-3-4-19-18(20)13-34(2)32-19;1-15-10-11-28-21(12-15)32-26(36)17-8-6-16(7-9-17)23-22-24(27)29-14-30-25(22)35(33-23)20-5-3-4-19-18(20)13-31-34(19)2/h6-14,20H,3-5H2,1-2H3,(H2,27,29,30)(H,28,31,36);6-14,20H,3-5H2,1-2H3,(H2,27,29,30)(H,28,32,36)/t2*20-/m11/s1. The number of benzene rings is 2. The van der Waals surface area contributed by atoms with Gasteiger partial charge in [0.1, 0.15) is 47.3 Å². The summed E-state index contributed by atoms with van der Waals surface area (Å²) in [6.45, 7) is 3.90. The van der Waals surface area contributed by atoms with Crippen molar-refractivity contribution >= 4 is 57.2 Å². The van der Waals surface area contributed by atoms with Crippen molar-refractivity contribution in [3.05, 3.63) is 155 Å². The fourth-order valence-corrected chi connectivity index (χ4v) is 9.81. The summed E-state index contributed by atoms with van der Waals surface area (Å²) in [6, 6.07) is 22.0. The maximum absolute atomic E-state index is 12.8. The van der Waals surface area contributed by atoms with Crippen LogP contribution in [0.1, 0.15) is 92.1 Å². The monoisotopic (exact) mass is 958 g/mol. The van der Waals surface area contributed by atoms with Gasteiger partial charge in [-0.3, -0.25) is 19.0 Å². The number of amides is 2. The Kier molecular flexibility index (Phi) is 11.7. The predicted molar refractivity (Wildman–Crippen MR) is 273 cm³/mol. The Hall–Kier alpha value is -9.20. The molecule has 2 amide bonds. The highest BCUT2D eigenvalue weighted by atomic mass is 16.2. The summed E-state index contributed by atoms with van der Waals surface area (Å²) in [5.41, 5.74) is 24.8. The molecular weight excluding hydrogens is 909 g/mol. The molecule has 0 bridgehead atoms. The molecule has 72 heavy (non-hydrogen) atoms. The van der Waals surface area contributed by atoms with E-state index in [-0.39, 0.29) is 23.9 Å². The number of hydrogen-bond donors (Lipinski definition) is 4. The zero-order valence-electron chi connectivity index (χ0n) is 40.0. The quantitative estimate of drug-likeness (QED) is 0.116. The van der Waals surface area contributed by atoms with E-state index in [2.05, 4.69) is 56.9 Å². The van der Waals surface area contributed by atoms with Gasteiger partial charge in [-0.25, -0.2) is 39.3 Å². The first kappa shape index (κ1) is 45.3. The molecule has 6 N–H and O–H groups in total. The molecule has 0 saturated heterocycles. The first-order valence-corrected chi connectivity index (χ1v) is 23.7. The first-order valence-electron chi connectivity index (χ1n) is 23.7. The van der Waals surface area contributed by atoms with Gasteiger partial charge in [-0.2, -0.15) is 20.4 Å². The maximum Gasteiger partial charge on any atom is 0.256 e. The number of nitrogen functional groups attached to an aromatic ring is 2. The largest absolute Gasteiger partial charge is 0.383 e. The molecule has 2 aliphatic rings. The Bertz CT molecular complexity index is 3490. The highest BCUT2D eigenvalue weighted by molar-refractivity contribution is 6.06. The topological polar surface area (TPSA) is 259 Å². The zero-order valence-corrected chi connectivity index (χ0v) is 40.0. The number of fused-ring (bicyclic) bond motifs is 4. The van der Waals surface area contributed by atoms with Crippen LogP contribution in [0.15, 0.2) is 110 Å². The molecular formula is C52H50N18O2. The van der Waals surface area contributed by atoms with E-state index in [1.165, 1.54) is 18.3 Å². The van der Waals surface area contributed by atoms with Crippen molar-refractivity contribution in [1.82, 2.24) is 69.0 Å². The van der Waals surface area contributed by atoms with Crippen LogP contribution in [0.3, 0.4) is 0 Å². The fourth-order valence-electron chi connectivity index (χ4n) is 9.81. The average molecular weight is 959 g/mol. The van der Waals surface area contributed by atoms with E-state index in [9.17, 15) is 9.59 Å². The molecule has 2 aromatic carbocycles. The number of nitrogens with one attached hydrogen (secondary N) is 2. The lowest BCUT2D eigenvalue weighted by Crippen LogP contribution is -2.19. The Morgan fingerprint density at radius 2 is 1.11 bits per heavy atom. The molecule has 0 radical (unpaired) electrons. The molecule has 10 aromatic rings. The molecule has 360 valence electrons. The lowest BCUT2D eigenvalue weighted by atomic mass is 9.93. The van der Waals surface area contributed by atoms with Crippen LogP contribution in [0.25, 0.3) is 44.6 Å². The molecule has 0 spiro atoms. The molecule has 12 rings (SSSR count). The van der Waals surface area contributed by atoms with Gasteiger partial charge in [-0.1, -0.05) is 24.3 Å². The van der Waals surface area contributed by atoms with Gasteiger partial charge in [0, 0.05) is 71.8 Å². The van der Waals surface area contributed by atoms with E-state index < -0.39 is 0 Å². The van der Waals surface area contributed by atoms with E-state index in [4.69, 9.17) is 21.7 Å². The Morgan fingerprint density at radius 3 is 1.62 bits per heavy atom. The van der Waals surface area contributed by atoms with Crippen molar-refractivity contribution < 1.29 is 9.59 Å². The van der Waals surface area contributed by atoms with Crippen LogP contribution in [0, 0.1) is 13.8 Å². The average Bonchev–Trinajstić information content (AvgIpc) is 4.18. The van der Waals surface area contributed by atoms with E-state index in [1.807, 2.05) is 101 Å². The van der Waals surface area contributed by atoms with Crippen LogP contribution in [0.4, 0.5) is 23.3 Å². The van der Waals surface area contributed by atoms with Crippen LogP contribution in [0.2, 0.25) is 0 Å². The number of pyridine rings is 2. The summed E-state index contributed by atoms with van der Waals surface area (Å²) in [7, 11) is 3.91. The maximum atomic E-state index is 12.8. The third-order valence-corrected chi connectivity index (χ3v) is 13.3. The van der Waals surface area contributed by atoms with Gasteiger partial charge in [0.2, 0.25) is 0 Å². The highest BCUT2D eigenvalue weighted by Crippen LogP contribution is 2.40. The third-order valence-electron chi connectivity index (χ3n) is 13.3. The Morgan fingerprint density at radius 1 is 0.611 bits per heavy atom. The van der Waals surface area contributed by atoms with Gasteiger partial charge < -0.3 is 22.1 Å². The van der Waals surface area contributed by atoms with Crippen LogP contribution in [0.5, 0.6) is 0 Å². The lowest BCUT2D eigenvalue weighted by molar-refractivity contribution is 0.101. The second kappa shape index (κ2) is 18.6. The second-order valence-corrected chi connectivity index (χ2v) is 18.2. The summed E-state index contributed by atoms with van der Waals surface area (Å²) in [5.74, 6) is 1.31. The van der Waals surface area contributed by atoms with Crippen LogP contribution < -0.4 is 22.1 Å². The van der Waals surface area contributed by atoms with Gasteiger partial charge in [0.25, 0.3) is 11.8 Å². The van der Waals surface area contributed by atoms with Crippen LogP contribution in [-0.2, 0) is 26.9 Å². The number of nitrogens with two attached hydrogens (primary N) is 2. The van der Waals surface area contributed by atoms with Crippen molar-refractivity contribution in [3.8, 4) is 22.5 Å². The molecule has 8 aromatic heterocycles. The van der Waals surface area contributed by atoms with Gasteiger partial charge in [-0.15, -0.1) is 0 Å². The Labute approximate surface area is 412 Å². The molecule has 20 heteroatoms. The Balaban J connectivity index is 0.000000156. The molecule has 8 heterocycles.